The number of H-pyrrole nitrogens is 1. The molecular formula is C12H18BrN3O. The summed E-state index contributed by atoms with van der Waals surface area (Å²) in [6, 6.07) is 0.319. The SMILES string of the molecule is Cc1[nH]ncc1C(=O)N1CCCCCC1CBr. The van der Waals surface area contributed by atoms with E-state index in [4.69, 9.17) is 0 Å². The van der Waals surface area contributed by atoms with Crippen LogP contribution in [0.15, 0.2) is 6.20 Å². The van der Waals surface area contributed by atoms with Gasteiger partial charge in [-0.25, -0.2) is 0 Å². The van der Waals surface area contributed by atoms with Gasteiger partial charge in [0.2, 0.25) is 0 Å². The van der Waals surface area contributed by atoms with E-state index in [0.717, 1.165) is 30.4 Å². The Hall–Kier alpha value is -0.840. The minimum atomic E-state index is 0.114. The lowest BCUT2D eigenvalue weighted by Crippen LogP contribution is -2.41. The predicted molar refractivity (Wildman–Crippen MR) is 70.4 cm³/mol. The van der Waals surface area contributed by atoms with E-state index in [1.807, 2.05) is 11.8 Å². The number of alkyl halides is 1. The Morgan fingerprint density at radius 3 is 3.06 bits per heavy atom. The van der Waals surface area contributed by atoms with Gasteiger partial charge >= 0.3 is 0 Å². The van der Waals surface area contributed by atoms with Crippen molar-refractivity contribution in [3.63, 3.8) is 0 Å². The molecule has 0 aliphatic carbocycles. The lowest BCUT2D eigenvalue weighted by atomic mass is 10.1. The highest BCUT2D eigenvalue weighted by molar-refractivity contribution is 9.09. The van der Waals surface area contributed by atoms with Gasteiger partial charge in [-0.1, -0.05) is 28.8 Å². The average molecular weight is 300 g/mol. The first-order valence-electron chi connectivity index (χ1n) is 6.11. The van der Waals surface area contributed by atoms with Gasteiger partial charge < -0.3 is 4.90 Å². The van der Waals surface area contributed by atoms with Crippen LogP contribution in [0, 0.1) is 6.92 Å². The van der Waals surface area contributed by atoms with E-state index in [1.54, 1.807) is 6.20 Å². The number of aryl methyl sites for hydroxylation is 1. The zero-order valence-electron chi connectivity index (χ0n) is 10.1. The standard InChI is InChI=1S/C12H18BrN3O/c1-9-11(8-14-15-9)12(17)16-6-4-2-3-5-10(16)7-13/h8,10H,2-7H2,1H3,(H,14,15). The molecule has 1 aliphatic heterocycles. The monoisotopic (exact) mass is 299 g/mol. The molecule has 1 aromatic heterocycles. The first-order chi connectivity index (χ1) is 8.24. The number of halogens is 1. The molecule has 4 nitrogen and oxygen atoms in total. The van der Waals surface area contributed by atoms with Gasteiger partial charge in [-0.15, -0.1) is 0 Å². The van der Waals surface area contributed by atoms with Crippen LogP contribution in [0.25, 0.3) is 0 Å². The lowest BCUT2D eigenvalue weighted by molar-refractivity contribution is 0.0701. The molecule has 1 fully saturated rings. The number of likely N-dealkylation sites (tertiary alicyclic amines) is 1. The molecule has 1 N–H and O–H groups in total. The molecule has 2 rings (SSSR count). The van der Waals surface area contributed by atoms with Gasteiger partial charge in [0.15, 0.2) is 0 Å². The van der Waals surface area contributed by atoms with Crippen LogP contribution in [-0.4, -0.2) is 38.9 Å². The van der Waals surface area contributed by atoms with Crippen molar-refractivity contribution in [2.45, 2.75) is 38.6 Å². The normalized spacial score (nSPS) is 21.3. The Balaban J connectivity index is 2.18. The summed E-state index contributed by atoms with van der Waals surface area (Å²) >= 11 is 3.52. The van der Waals surface area contributed by atoms with Gasteiger partial charge in [0.25, 0.3) is 5.91 Å². The van der Waals surface area contributed by atoms with E-state index in [2.05, 4.69) is 26.1 Å². The molecular weight excluding hydrogens is 282 g/mol. The number of hydrogen-bond acceptors (Lipinski definition) is 2. The van der Waals surface area contributed by atoms with Crippen molar-refractivity contribution in [2.24, 2.45) is 0 Å². The zero-order chi connectivity index (χ0) is 12.3. The number of nitrogens with zero attached hydrogens (tertiary/aromatic N) is 2. The van der Waals surface area contributed by atoms with E-state index in [-0.39, 0.29) is 5.91 Å². The lowest BCUT2D eigenvalue weighted by Gasteiger charge is -2.28. The summed E-state index contributed by atoms with van der Waals surface area (Å²) in [6.45, 7) is 2.75. The molecule has 1 saturated heterocycles. The third-order valence-corrected chi connectivity index (χ3v) is 4.12. The summed E-state index contributed by atoms with van der Waals surface area (Å²) in [5, 5.41) is 7.61. The van der Waals surface area contributed by atoms with Crippen molar-refractivity contribution in [1.29, 1.82) is 0 Å². The summed E-state index contributed by atoms with van der Waals surface area (Å²) in [7, 11) is 0. The van der Waals surface area contributed by atoms with E-state index < -0.39 is 0 Å². The summed E-state index contributed by atoms with van der Waals surface area (Å²) in [6.07, 6.45) is 6.26. The van der Waals surface area contributed by atoms with Gasteiger partial charge in [0, 0.05) is 23.6 Å². The molecule has 17 heavy (non-hydrogen) atoms. The molecule has 2 heterocycles. The van der Waals surface area contributed by atoms with Crippen LogP contribution in [0.2, 0.25) is 0 Å². The van der Waals surface area contributed by atoms with Crippen molar-refractivity contribution in [1.82, 2.24) is 15.1 Å². The maximum absolute atomic E-state index is 12.4. The molecule has 1 aromatic rings. The van der Waals surface area contributed by atoms with Crippen LogP contribution in [0.3, 0.4) is 0 Å². The van der Waals surface area contributed by atoms with Crippen molar-refractivity contribution in [2.75, 3.05) is 11.9 Å². The highest BCUT2D eigenvalue weighted by Crippen LogP contribution is 2.21. The van der Waals surface area contributed by atoms with E-state index in [1.165, 1.54) is 12.8 Å². The second kappa shape index (κ2) is 5.67. The zero-order valence-corrected chi connectivity index (χ0v) is 11.7. The van der Waals surface area contributed by atoms with Crippen LogP contribution >= 0.6 is 15.9 Å². The predicted octanol–water partition coefficient (Wildman–Crippen LogP) is 2.50. The number of carbonyl (C=O) groups excluding carboxylic acids is 1. The van der Waals surface area contributed by atoms with Crippen molar-refractivity contribution >= 4 is 21.8 Å². The topological polar surface area (TPSA) is 49.0 Å². The number of amides is 1. The molecule has 0 bridgehead atoms. The molecule has 94 valence electrons. The summed E-state index contributed by atoms with van der Waals surface area (Å²) in [5.74, 6) is 0.114. The van der Waals surface area contributed by atoms with Crippen molar-refractivity contribution in [3.8, 4) is 0 Å². The number of aromatic amines is 1. The summed E-state index contributed by atoms with van der Waals surface area (Å²) in [5.41, 5.74) is 1.56. The largest absolute Gasteiger partial charge is 0.335 e. The van der Waals surface area contributed by atoms with Gasteiger partial charge in [0.1, 0.15) is 0 Å². The van der Waals surface area contributed by atoms with Crippen molar-refractivity contribution in [3.05, 3.63) is 17.5 Å². The fourth-order valence-corrected chi connectivity index (χ4v) is 3.00. The van der Waals surface area contributed by atoms with E-state index >= 15 is 0 Å². The highest BCUT2D eigenvalue weighted by atomic mass is 79.9. The maximum Gasteiger partial charge on any atom is 0.257 e. The Morgan fingerprint density at radius 2 is 2.41 bits per heavy atom. The fraction of sp³-hybridized carbons (Fsp3) is 0.667. The molecule has 0 aromatic carbocycles. The minimum Gasteiger partial charge on any atom is -0.335 e. The molecule has 1 unspecified atom stereocenters. The third-order valence-electron chi connectivity index (χ3n) is 3.38. The third kappa shape index (κ3) is 2.70. The first-order valence-corrected chi connectivity index (χ1v) is 7.23. The number of nitrogens with one attached hydrogen (secondary N) is 1. The van der Waals surface area contributed by atoms with Crippen LogP contribution in [0.4, 0.5) is 0 Å². The van der Waals surface area contributed by atoms with Crippen LogP contribution in [0.5, 0.6) is 0 Å². The second-order valence-corrected chi connectivity index (χ2v) is 5.21. The second-order valence-electron chi connectivity index (χ2n) is 4.56. The number of rotatable bonds is 2. The van der Waals surface area contributed by atoms with E-state index in [9.17, 15) is 4.79 Å². The molecule has 0 saturated carbocycles. The average Bonchev–Trinajstić information content (AvgIpc) is 2.64. The van der Waals surface area contributed by atoms with Gasteiger partial charge in [-0.05, 0) is 19.8 Å². The summed E-state index contributed by atoms with van der Waals surface area (Å²) < 4.78 is 0. The van der Waals surface area contributed by atoms with Gasteiger partial charge in [-0.2, -0.15) is 5.10 Å². The molecule has 5 heteroatoms. The molecule has 0 spiro atoms. The Kier molecular flexibility index (Phi) is 4.20. The minimum absolute atomic E-state index is 0.114. The quantitative estimate of drug-likeness (QED) is 0.853. The summed E-state index contributed by atoms with van der Waals surface area (Å²) in [4.78, 5) is 14.4. The Labute approximate surface area is 110 Å². The maximum atomic E-state index is 12.4. The van der Waals surface area contributed by atoms with Crippen LogP contribution < -0.4 is 0 Å². The highest BCUT2D eigenvalue weighted by Gasteiger charge is 2.26. The molecule has 1 aliphatic rings. The molecule has 0 radical (unpaired) electrons. The molecule has 1 atom stereocenters. The van der Waals surface area contributed by atoms with Crippen LogP contribution in [-0.2, 0) is 0 Å². The smallest absolute Gasteiger partial charge is 0.257 e. The van der Waals surface area contributed by atoms with Crippen LogP contribution in [0.1, 0.15) is 41.7 Å². The fourth-order valence-electron chi connectivity index (χ4n) is 2.33. The number of carbonyl (C=O) groups is 1. The number of aromatic nitrogens is 2. The van der Waals surface area contributed by atoms with Crippen molar-refractivity contribution < 1.29 is 4.79 Å². The van der Waals surface area contributed by atoms with E-state index in [0.29, 0.717) is 11.6 Å². The first kappa shape index (κ1) is 12.6. The number of hydrogen-bond donors (Lipinski definition) is 1. The van der Waals surface area contributed by atoms with Gasteiger partial charge in [0.05, 0.1) is 11.8 Å². The van der Waals surface area contributed by atoms with Gasteiger partial charge in [-0.3, -0.25) is 9.89 Å². The molecule has 1 amide bonds. The Morgan fingerprint density at radius 1 is 1.59 bits per heavy atom. The Bertz CT molecular complexity index is 391.